The average Bonchev–Trinajstić information content (AvgIpc) is 3.04. The van der Waals surface area contributed by atoms with Crippen LogP contribution in [0.3, 0.4) is 0 Å². The number of likely N-dealkylation sites (N-methyl/N-ethyl adjacent to an activating group) is 1. The van der Waals surface area contributed by atoms with Gasteiger partial charge < -0.3 is 10.2 Å². The van der Waals surface area contributed by atoms with Gasteiger partial charge in [-0.15, -0.1) is 0 Å². The summed E-state index contributed by atoms with van der Waals surface area (Å²) in [5.74, 6) is -1.28. The van der Waals surface area contributed by atoms with Crippen molar-refractivity contribution >= 4 is 23.4 Å². The molecule has 1 N–H and O–H groups in total. The van der Waals surface area contributed by atoms with E-state index in [9.17, 15) is 18.8 Å². The largest absolute Gasteiger partial charge is 0.348 e. The van der Waals surface area contributed by atoms with Gasteiger partial charge in [0.1, 0.15) is 5.82 Å². The van der Waals surface area contributed by atoms with Crippen LogP contribution >= 0.6 is 0 Å². The number of hydrogen-bond acceptors (Lipinski definition) is 3. The Balaban J connectivity index is 1.69. The van der Waals surface area contributed by atoms with E-state index < -0.39 is 11.6 Å². The fraction of sp³-hybridized carbons (Fsp3) is 0.250. The summed E-state index contributed by atoms with van der Waals surface area (Å²) in [4.78, 5) is 41.4. The number of anilines is 1. The maximum Gasteiger partial charge on any atom is 0.267 e. The molecule has 7 heteroatoms. The Morgan fingerprint density at radius 1 is 1.15 bits per heavy atom. The molecule has 1 saturated heterocycles. The first-order valence-electron chi connectivity index (χ1n) is 8.68. The standard InChI is InChI=1S/C20H18FN3O3/c1-23-18(26)15-4-2-3-5-16(15)24-17(25)10-11-20(23,24)19(27)22-12-13-6-8-14(21)9-7-13/h2-9H,10-12H2,1H3,(H,22,27). The van der Waals surface area contributed by atoms with E-state index >= 15 is 0 Å². The average molecular weight is 367 g/mol. The first-order chi connectivity index (χ1) is 12.9. The number of halogens is 1. The molecule has 6 nitrogen and oxygen atoms in total. The lowest BCUT2D eigenvalue weighted by atomic mass is 9.96. The Kier molecular flexibility index (Phi) is 3.95. The molecule has 4 rings (SSSR count). The van der Waals surface area contributed by atoms with Crippen LogP contribution < -0.4 is 10.2 Å². The van der Waals surface area contributed by atoms with Crippen LogP contribution in [-0.2, 0) is 16.1 Å². The van der Waals surface area contributed by atoms with Crippen LogP contribution in [0.15, 0.2) is 48.5 Å². The molecule has 1 atom stereocenters. The number of nitrogens with one attached hydrogen (secondary N) is 1. The molecule has 0 saturated carbocycles. The van der Waals surface area contributed by atoms with E-state index in [4.69, 9.17) is 0 Å². The summed E-state index contributed by atoms with van der Waals surface area (Å²) in [6.45, 7) is 0.173. The molecule has 0 bridgehead atoms. The van der Waals surface area contributed by atoms with Crippen molar-refractivity contribution in [3.63, 3.8) is 0 Å². The molecular formula is C20H18FN3O3. The molecule has 1 fully saturated rings. The maximum atomic E-state index is 13.2. The molecule has 2 aromatic rings. The summed E-state index contributed by atoms with van der Waals surface area (Å²) < 4.78 is 13.1. The molecule has 0 aromatic heterocycles. The molecule has 2 aromatic carbocycles. The predicted octanol–water partition coefficient (Wildman–Crippen LogP) is 2.05. The molecular weight excluding hydrogens is 349 g/mol. The van der Waals surface area contributed by atoms with Crippen LogP contribution in [-0.4, -0.2) is 35.3 Å². The number of carbonyl (C=O) groups is 3. The quantitative estimate of drug-likeness (QED) is 0.903. The van der Waals surface area contributed by atoms with E-state index in [-0.39, 0.29) is 37.0 Å². The fourth-order valence-corrected chi connectivity index (χ4v) is 3.85. The predicted molar refractivity (Wildman–Crippen MR) is 96.2 cm³/mol. The second-order valence-corrected chi connectivity index (χ2v) is 6.74. The third-order valence-corrected chi connectivity index (χ3v) is 5.27. The smallest absolute Gasteiger partial charge is 0.267 e. The van der Waals surface area contributed by atoms with Crippen molar-refractivity contribution in [3.05, 3.63) is 65.5 Å². The highest BCUT2D eigenvalue weighted by Gasteiger charge is 2.59. The molecule has 2 aliphatic rings. The van der Waals surface area contributed by atoms with E-state index in [1.165, 1.54) is 21.9 Å². The van der Waals surface area contributed by atoms with Crippen LogP contribution in [0.2, 0.25) is 0 Å². The molecule has 0 radical (unpaired) electrons. The minimum absolute atomic E-state index is 0.173. The van der Waals surface area contributed by atoms with Crippen molar-refractivity contribution in [1.29, 1.82) is 0 Å². The summed E-state index contributed by atoms with van der Waals surface area (Å²) in [7, 11) is 1.54. The molecule has 0 aliphatic carbocycles. The minimum atomic E-state index is -1.39. The highest BCUT2D eigenvalue weighted by atomic mass is 19.1. The van der Waals surface area contributed by atoms with Gasteiger partial charge >= 0.3 is 0 Å². The minimum Gasteiger partial charge on any atom is -0.348 e. The van der Waals surface area contributed by atoms with Gasteiger partial charge in [-0.3, -0.25) is 19.3 Å². The van der Waals surface area contributed by atoms with Crippen LogP contribution in [0, 0.1) is 5.82 Å². The van der Waals surface area contributed by atoms with Gasteiger partial charge in [-0.05, 0) is 29.8 Å². The van der Waals surface area contributed by atoms with E-state index in [1.54, 1.807) is 43.4 Å². The Morgan fingerprint density at radius 3 is 2.59 bits per heavy atom. The first kappa shape index (κ1) is 17.2. The lowest BCUT2D eigenvalue weighted by Gasteiger charge is -2.47. The van der Waals surface area contributed by atoms with Crippen LogP contribution in [0.25, 0.3) is 0 Å². The SMILES string of the molecule is CN1C(=O)c2ccccc2N2C(=O)CCC12C(=O)NCc1ccc(F)cc1. The number of carbonyl (C=O) groups excluding carboxylic acids is 3. The Hall–Kier alpha value is -3.22. The number of nitrogens with zero attached hydrogens (tertiary/aromatic N) is 2. The highest BCUT2D eigenvalue weighted by Crippen LogP contribution is 2.43. The number of para-hydroxylation sites is 1. The second-order valence-electron chi connectivity index (χ2n) is 6.74. The van der Waals surface area contributed by atoms with Crippen LogP contribution in [0.1, 0.15) is 28.8 Å². The summed E-state index contributed by atoms with van der Waals surface area (Å²) in [6, 6.07) is 12.6. The third-order valence-electron chi connectivity index (χ3n) is 5.27. The van der Waals surface area contributed by atoms with Gasteiger partial charge in [-0.25, -0.2) is 4.39 Å². The monoisotopic (exact) mass is 367 g/mol. The van der Waals surface area contributed by atoms with Gasteiger partial charge in [0.25, 0.3) is 11.8 Å². The van der Waals surface area contributed by atoms with Gasteiger partial charge in [0.15, 0.2) is 0 Å². The zero-order valence-corrected chi connectivity index (χ0v) is 14.7. The maximum absolute atomic E-state index is 13.2. The van der Waals surface area contributed by atoms with Crippen LogP contribution in [0.4, 0.5) is 10.1 Å². The fourth-order valence-electron chi connectivity index (χ4n) is 3.85. The van der Waals surface area contributed by atoms with Crippen molar-refractivity contribution in [3.8, 4) is 0 Å². The molecule has 138 valence electrons. The Bertz CT molecular complexity index is 944. The van der Waals surface area contributed by atoms with Crippen molar-refractivity contribution in [2.24, 2.45) is 0 Å². The Morgan fingerprint density at radius 2 is 1.85 bits per heavy atom. The summed E-state index contributed by atoms with van der Waals surface area (Å²) >= 11 is 0. The van der Waals surface area contributed by atoms with Gasteiger partial charge in [0.05, 0.1) is 11.3 Å². The molecule has 3 amide bonds. The number of amides is 3. The van der Waals surface area contributed by atoms with Gasteiger partial charge in [0.2, 0.25) is 11.6 Å². The molecule has 0 spiro atoms. The third kappa shape index (κ3) is 2.50. The lowest BCUT2D eigenvalue weighted by Crippen LogP contribution is -2.69. The van der Waals surface area contributed by atoms with Gasteiger partial charge in [-0.2, -0.15) is 0 Å². The molecule has 2 aliphatic heterocycles. The zero-order chi connectivity index (χ0) is 19.2. The molecule has 27 heavy (non-hydrogen) atoms. The number of fused-ring (bicyclic) bond motifs is 3. The van der Waals surface area contributed by atoms with E-state index in [0.717, 1.165) is 5.56 Å². The molecule has 1 unspecified atom stereocenters. The van der Waals surface area contributed by atoms with Crippen LogP contribution in [0.5, 0.6) is 0 Å². The van der Waals surface area contributed by atoms with Crippen molar-refractivity contribution in [2.45, 2.75) is 25.0 Å². The van der Waals surface area contributed by atoms with Gasteiger partial charge in [-0.1, -0.05) is 24.3 Å². The van der Waals surface area contributed by atoms with E-state index in [0.29, 0.717) is 11.3 Å². The number of benzene rings is 2. The van der Waals surface area contributed by atoms with E-state index in [2.05, 4.69) is 5.32 Å². The van der Waals surface area contributed by atoms with Crippen molar-refractivity contribution < 1.29 is 18.8 Å². The normalized spacial score (nSPS) is 21.1. The number of hydrogen-bond donors (Lipinski definition) is 1. The topological polar surface area (TPSA) is 69.7 Å². The highest BCUT2D eigenvalue weighted by molar-refractivity contribution is 6.16. The van der Waals surface area contributed by atoms with E-state index in [1.807, 2.05) is 0 Å². The lowest BCUT2D eigenvalue weighted by molar-refractivity contribution is -0.133. The summed E-state index contributed by atoms with van der Waals surface area (Å²) in [5, 5.41) is 2.80. The zero-order valence-electron chi connectivity index (χ0n) is 14.7. The number of rotatable bonds is 3. The summed E-state index contributed by atoms with van der Waals surface area (Å²) in [5.41, 5.74) is 0.196. The van der Waals surface area contributed by atoms with Crippen molar-refractivity contribution in [2.75, 3.05) is 11.9 Å². The summed E-state index contributed by atoms with van der Waals surface area (Å²) in [6.07, 6.45) is 0.396. The second kappa shape index (κ2) is 6.19. The van der Waals surface area contributed by atoms with Crippen molar-refractivity contribution in [1.82, 2.24) is 10.2 Å². The molecule has 2 heterocycles. The first-order valence-corrected chi connectivity index (χ1v) is 8.68. The Labute approximate surface area is 155 Å². The van der Waals surface area contributed by atoms with Gasteiger partial charge in [0, 0.05) is 26.4 Å².